The van der Waals surface area contributed by atoms with Crippen LogP contribution >= 0.6 is 0 Å². The van der Waals surface area contributed by atoms with Crippen molar-refractivity contribution in [1.82, 2.24) is 4.31 Å². The van der Waals surface area contributed by atoms with Gasteiger partial charge in [-0.2, -0.15) is 4.31 Å². The maximum Gasteiger partial charge on any atom is 0.262 e. The summed E-state index contributed by atoms with van der Waals surface area (Å²) in [7, 11) is -3.62. The van der Waals surface area contributed by atoms with Gasteiger partial charge in [-0.25, -0.2) is 8.42 Å². The summed E-state index contributed by atoms with van der Waals surface area (Å²) in [5, 5.41) is 2.69. The first kappa shape index (κ1) is 23.0. The smallest absolute Gasteiger partial charge is 0.262 e. The standard InChI is InChI=1S/C23H28N2O5S/c1-17-10-11-20(15-22(17)31(28,29)25-12-5-3-4-6-13-25)24-23(27)16-30-21-9-7-8-19(14-21)18(2)26/h7-11,14-15H,3-6,12-13,16H2,1-2H3,(H,24,27). The van der Waals surface area contributed by atoms with Gasteiger partial charge in [0.1, 0.15) is 5.75 Å². The van der Waals surface area contributed by atoms with Gasteiger partial charge in [0.2, 0.25) is 10.0 Å². The van der Waals surface area contributed by atoms with E-state index in [1.165, 1.54) is 13.0 Å². The van der Waals surface area contributed by atoms with E-state index in [9.17, 15) is 18.0 Å². The molecule has 1 aliphatic rings. The fourth-order valence-corrected chi connectivity index (χ4v) is 5.30. The molecule has 0 saturated carbocycles. The summed E-state index contributed by atoms with van der Waals surface area (Å²) in [5.41, 5.74) is 1.53. The second-order valence-electron chi connectivity index (χ2n) is 7.72. The number of Topliss-reactive ketones (excluding diaryl/α,β-unsaturated/α-hetero) is 1. The number of carbonyl (C=O) groups is 2. The third kappa shape index (κ3) is 5.92. The van der Waals surface area contributed by atoms with E-state index >= 15 is 0 Å². The molecule has 0 spiro atoms. The van der Waals surface area contributed by atoms with Crippen LogP contribution < -0.4 is 10.1 Å². The number of hydrogen-bond donors (Lipinski definition) is 1. The van der Waals surface area contributed by atoms with E-state index in [1.807, 2.05) is 0 Å². The van der Waals surface area contributed by atoms with Gasteiger partial charge in [0.25, 0.3) is 5.91 Å². The number of carbonyl (C=O) groups excluding carboxylic acids is 2. The summed E-state index contributed by atoms with van der Waals surface area (Å²) in [6, 6.07) is 11.5. The van der Waals surface area contributed by atoms with Gasteiger partial charge < -0.3 is 10.1 Å². The van der Waals surface area contributed by atoms with Crippen LogP contribution in [-0.2, 0) is 14.8 Å². The van der Waals surface area contributed by atoms with E-state index in [0.29, 0.717) is 35.7 Å². The van der Waals surface area contributed by atoms with Crippen molar-refractivity contribution in [2.75, 3.05) is 25.0 Å². The highest BCUT2D eigenvalue weighted by Crippen LogP contribution is 2.26. The first-order valence-electron chi connectivity index (χ1n) is 10.4. The van der Waals surface area contributed by atoms with Crippen molar-refractivity contribution in [3.63, 3.8) is 0 Å². The number of benzene rings is 2. The Hall–Kier alpha value is -2.71. The van der Waals surface area contributed by atoms with E-state index in [2.05, 4.69) is 5.32 Å². The van der Waals surface area contributed by atoms with Crippen LogP contribution in [0.15, 0.2) is 47.4 Å². The molecule has 1 saturated heterocycles. The summed E-state index contributed by atoms with van der Waals surface area (Å²) in [4.78, 5) is 24.0. The lowest BCUT2D eigenvalue weighted by atomic mass is 10.1. The summed E-state index contributed by atoms with van der Waals surface area (Å²) in [5.74, 6) is -0.0981. The predicted octanol–water partition coefficient (Wildman–Crippen LogP) is 3.78. The molecular formula is C23H28N2O5S. The second-order valence-corrected chi connectivity index (χ2v) is 9.63. The molecule has 1 N–H and O–H groups in total. The van der Waals surface area contributed by atoms with Gasteiger partial charge >= 0.3 is 0 Å². The Kier molecular flexibility index (Phi) is 7.46. The Balaban J connectivity index is 1.69. The van der Waals surface area contributed by atoms with Gasteiger partial charge in [-0.15, -0.1) is 0 Å². The highest BCUT2D eigenvalue weighted by Gasteiger charge is 2.27. The first-order chi connectivity index (χ1) is 14.8. The lowest BCUT2D eigenvalue weighted by Gasteiger charge is -2.21. The highest BCUT2D eigenvalue weighted by molar-refractivity contribution is 7.89. The van der Waals surface area contributed by atoms with E-state index in [4.69, 9.17) is 4.74 Å². The Morgan fingerprint density at radius 3 is 2.42 bits per heavy atom. The minimum absolute atomic E-state index is 0.0901. The third-order valence-corrected chi connectivity index (χ3v) is 7.31. The molecule has 166 valence electrons. The Morgan fingerprint density at radius 1 is 1.03 bits per heavy atom. The molecule has 7 nitrogen and oxygen atoms in total. The van der Waals surface area contributed by atoms with Crippen molar-refractivity contribution in [3.05, 3.63) is 53.6 Å². The van der Waals surface area contributed by atoms with Crippen LogP contribution in [0.5, 0.6) is 5.75 Å². The van der Waals surface area contributed by atoms with E-state index in [1.54, 1.807) is 47.6 Å². The van der Waals surface area contributed by atoms with Crippen molar-refractivity contribution >= 4 is 27.4 Å². The summed E-state index contributed by atoms with van der Waals surface area (Å²) < 4.78 is 33.3. The molecular weight excluding hydrogens is 416 g/mol. The highest BCUT2D eigenvalue weighted by atomic mass is 32.2. The molecule has 2 aromatic carbocycles. The number of aryl methyl sites for hydroxylation is 1. The lowest BCUT2D eigenvalue weighted by molar-refractivity contribution is -0.118. The largest absolute Gasteiger partial charge is 0.484 e. The van der Waals surface area contributed by atoms with E-state index in [-0.39, 0.29) is 17.3 Å². The summed E-state index contributed by atoms with van der Waals surface area (Å²) in [6.07, 6.45) is 3.79. The van der Waals surface area contributed by atoms with Crippen molar-refractivity contribution in [2.45, 2.75) is 44.4 Å². The van der Waals surface area contributed by atoms with Crippen LogP contribution in [-0.4, -0.2) is 44.1 Å². The molecule has 1 amide bonds. The molecule has 1 heterocycles. The van der Waals surface area contributed by atoms with Gasteiger partial charge in [0.15, 0.2) is 12.4 Å². The number of hydrogen-bond acceptors (Lipinski definition) is 5. The monoisotopic (exact) mass is 444 g/mol. The van der Waals surface area contributed by atoms with Crippen molar-refractivity contribution in [3.8, 4) is 5.75 Å². The zero-order valence-electron chi connectivity index (χ0n) is 17.9. The Bertz CT molecular complexity index is 1060. The molecule has 8 heteroatoms. The predicted molar refractivity (Wildman–Crippen MR) is 119 cm³/mol. The number of anilines is 1. The quantitative estimate of drug-likeness (QED) is 0.656. The zero-order valence-corrected chi connectivity index (χ0v) is 18.7. The van der Waals surface area contributed by atoms with Crippen LogP contribution in [0.4, 0.5) is 5.69 Å². The number of amides is 1. The molecule has 0 unspecified atom stereocenters. The Labute approximate surface area is 183 Å². The minimum Gasteiger partial charge on any atom is -0.484 e. The third-order valence-electron chi connectivity index (χ3n) is 5.27. The number of nitrogens with zero attached hydrogens (tertiary/aromatic N) is 1. The maximum atomic E-state index is 13.2. The van der Waals surface area contributed by atoms with Crippen LogP contribution in [0.3, 0.4) is 0 Å². The SMILES string of the molecule is CC(=O)c1cccc(OCC(=O)Nc2ccc(C)c(S(=O)(=O)N3CCCCCC3)c2)c1. The van der Waals surface area contributed by atoms with Crippen LogP contribution in [0, 0.1) is 6.92 Å². The summed E-state index contributed by atoms with van der Waals surface area (Å²) >= 11 is 0. The van der Waals surface area contributed by atoms with Crippen LogP contribution in [0.2, 0.25) is 0 Å². The number of ketones is 1. The van der Waals surface area contributed by atoms with Gasteiger partial charge in [-0.1, -0.05) is 31.0 Å². The average Bonchev–Trinajstić information content (AvgIpc) is 3.04. The van der Waals surface area contributed by atoms with Gasteiger partial charge in [-0.05, 0) is 56.5 Å². The number of nitrogens with one attached hydrogen (secondary N) is 1. The number of sulfonamides is 1. The summed E-state index contributed by atoms with van der Waals surface area (Å²) in [6.45, 7) is 3.99. The lowest BCUT2D eigenvalue weighted by Crippen LogP contribution is -2.32. The number of rotatable bonds is 7. The molecule has 1 aliphatic heterocycles. The number of ether oxygens (including phenoxy) is 1. The van der Waals surface area contributed by atoms with E-state index in [0.717, 1.165) is 25.7 Å². The molecule has 0 aromatic heterocycles. The van der Waals surface area contributed by atoms with Crippen LogP contribution in [0.25, 0.3) is 0 Å². The fraction of sp³-hybridized carbons (Fsp3) is 0.391. The topological polar surface area (TPSA) is 92.8 Å². The average molecular weight is 445 g/mol. The van der Waals surface area contributed by atoms with Crippen molar-refractivity contribution in [1.29, 1.82) is 0 Å². The molecule has 0 bridgehead atoms. The molecule has 3 rings (SSSR count). The van der Waals surface area contributed by atoms with Crippen molar-refractivity contribution in [2.24, 2.45) is 0 Å². The van der Waals surface area contributed by atoms with Gasteiger partial charge in [0.05, 0.1) is 4.90 Å². The maximum absolute atomic E-state index is 13.2. The molecule has 2 aromatic rings. The molecule has 0 aliphatic carbocycles. The Morgan fingerprint density at radius 2 is 1.74 bits per heavy atom. The first-order valence-corrected chi connectivity index (χ1v) is 11.9. The molecule has 1 fully saturated rings. The van der Waals surface area contributed by atoms with Crippen molar-refractivity contribution < 1.29 is 22.7 Å². The molecule has 31 heavy (non-hydrogen) atoms. The van der Waals surface area contributed by atoms with E-state index < -0.39 is 15.9 Å². The fourth-order valence-electron chi connectivity index (χ4n) is 3.53. The normalized spacial score (nSPS) is 15.2. The van der Waals surface area contributed by atoms with Gasteiger partial charge in [-0.3, -0.25) is 9.59 Å². The zero-order chi connectivity index (χ0) is 22.4. The molecule has 0 radical (unpaired) electrons. The van der Waals surface area contributed by atoms with Crippen LogP contribution in [0.1, 0.15) is 48.5 Å². The second kappa shape index (κ2) is 10.1. The molecule has 0 atom stereocenters. The van der Waals surface area contributed by atoms with Gasteiger partial charge in [0, 0.05) is 24.3 Å². The minimum atomic E-state index is -3.62.